The quantitative estimate of drug-likeness (QED) is 0.351. The minimum absolute atomic E-state index is 0.00652. The highest BCUT2D eigenvalue weighted by molar-refractivity contribution is 6.05. The Bertz CT molecular complexity index is 610. The summed E-state index contributed by atoms with van der Waals surface area (Å²) in [4.78, 5) is 45.6. The highest BCUT2D eigenvalue weighted by atomic mass is 16.6. The van der Waals surface area contributed by atoms with Gasteiger partial charge in [0.15, 0.2) is 6.10 Å². The molecule has 8 nitrogen and oxygen atoms in total. The molecule has 0 aliphatic carbocycles. The molecule has 1 aromatic carbocycles. The van der Waals surface area contributed by atoms with Crippen molar-refractivity contribution in [3.05, 3.63) is 39.9 Å². The van der Waals surface area contributed by atoms with Crippen molar-refractivity contribution in [1.29, 1.82) is 0 Å². The van der Waals surface area contributed by atoms with Crippen molar-refractivity contribution in [2.45, 2.75) is 26.0 Å². The summed E-state index contributed by atoms with van der Waals surface area (Å²) >= 11 is 0. The van der Waals surface area contributed by atoms with E-state index in [1.54, 1.807) is 0 Å². The Hall–Kier alpha value is -2.77. The van der Waals surface area contributed by atoms with Crippen LogP contribution in [0, 0.1) is 10.1 Å². The number of non-ortho nitro benzene ring substituents is 1. The van der Waals surface area contributed by atoms with Crippen LogP contribution >= 0.6 is 0 Å². The van der Waals surface area contributed by atoms with E-state index in [2.05, 4.69) is 0 Å². The van der Waals surface area contributed by atoms with Crippen molar-refractivity contribution in [1.82, 2.24) is 4.90 Å². The lowest BCUT2D eigenvalue weighted by Crippen LogP contribution is -2.33. The average molecular weight is 292 g/mol. The second-order valence-electron chi connectivity index (χ2n) is 4.54. The molecular formula is C13H12N2O6. The first-order chi connectivity index (χ1) is 9.88. The third-order valence-electron chi connectivity index (χ3n) is 3.00. The van der Waals surface area contributed by atoms with Gasteiger partial charge in [-0.05, 0) is 5.56 Å². The molecule has 0 N–H and O–H groups in total. The normalized spacial score (nSPS) is 18.0. The molecule has 0 spiro atoms. The summed E-state index contributed by atoms with van der Waals surface area (Å²) in [7, 11) is 0. The first kappa shape index (κ1) is 14.6. The van der Waals surface area contributed by atoms with Crippen molar-refractivity contribution in [2.75, 3.05) is 0 Å². The molecule has 0 unspecified atom stereocenters. The number of carbonyl (C=O) groups excluding carboxylic acids is 3. The Morgan fingerprint density at radius 1 is 1.38 bits per heavy atom. The number of hydrogen-bond donors (Lipinski definition) is 0. The SMILES string of the molecule is CC(=O)O[C@H]1CC(=O)N(Cc2ccc([N+](=O)[O-])cc2)C1=O. The fourth-order valence-corrected chi connectivity index (χ4v) is 2.02. The summed E-state index contributed by atoms with van der Waals surface area (Å²) in [5.74, 6) is -1.64. The number of amides is 2. The zero-order chi connectivity index (χ0) is 15.6. The first-order valence-electron chi connectivity index (χ1n) is 6.13. The van der Waals surface area contributed by atoms with Crippen LogP contribution < -0.4 is 0 Å². The van der Waals surface area contributed by atoms with Crippen LogP contribution in [0.5, 0.6) is 0 Å². The summed E-state index contributed by atoms with van der Waals surface area (Å²) in [5, 5.41) is 10.5. The minimum atomic E-state index is -1.08. The van der Waals surface area contributed by atoms with Crippen molar-refractivity contribution < 1.29 is 24.0 Å². The summed E-state index contributed by atoms with van der Waals surface area (Å²) in [6.45, 7) is 1.16. The summed E-state index contributed by atoms with van der Waals surface area (Å²) in [6, 6.07) is 5.53. The zero-order valence-corrected chi connectivity index (χ0v) is 11.1. The van der Waals surface area contributed by atoms with E-state index in [4.69, 9.17) is 4.74 Å². The van der Waals surface area contributed by atoms with Crippen LogP contribution in [-0.4, -0.2) is 33.7 Å². The molecule has 2 rings (SSSR count). The van der Waals surface area contributed by atoms with Crippen molar-refractivity contribution in [3.8, 4) is 0 Å². The molecule has 1 aliphatic heterocycles. The van der Waals surface area contributed by atoms with Crippen LogP contribution in [0.2, 0.25) is 0 Å². The number of rotatable bonds is 4. The van der Waals surface area contributed by atoms with Crippen LogP contribution in [0.4, 0.5) is 5.69 Å². The van der Waals surface area contributed by atoms with E-state index in [0.29, 0.717) is 5.56 Å². The highest BCUT2D eigenvalue weighted by Crippen LogP contribution is 2.20. The zero-order valence-electron chi connectivity index (χ0n) is 11.1. The smallest absolute Gasteiger partial charge is 0.303 e. The van der Waals surface area contributed by atoms with E-state index < -0.39 is 28.8 Å². The predicted octanol–water partition coefficient (Wildman–Crippen LogP) is 0.785. The van der Waals surface area contributed by atoms with Gasteiger partial charge in [-0.25, -0.2) is 0 Å². The Morgan fingerprint density at radius 3 is 2.52 bits per heavy atom. The number of benzene rings is 1. The molecule has 8 heteroatoms. The maximum atomic E-state index is 12.0. The largest absolute Gasteiger partial charge is 0.452 e. The van der Waals surface area contributed by atoms with E-state index in [-0.39, 0.29) is 18.7 Å². The van der Waals surface area contributed by atoms with E-state index in [0.717, 1.165) is 11.8 Å². The fraction of sp³-hybridized carbons (Fsp3) is 0.308. The number of imide groups is 1. The number of carbonyl (C=O) groups is 3. The molecule has 1 aliphatic rings. The second kappa shape index (κ2) is 5.70. The minimum Gasteiger partial charge on any atom is -0.452 e. The Balaban J connectivity index is 2.08. The molecule has 1 atom stereocenters. The van der Waals surface area contributed by atoms with Gasteiger partial charge in [0.2, 0.25) is 5.91 Å². The van der Waals surface area contributed by atoms with Gasteiger partial charge in [-0.3, -0.25) is 29.4 Å². The lowest BCUT2D eigenvalue weighted by Gasteiger charge is -2.14. The first-order valence-corrected chi connectivity index (χ1v) is 6.13. The topological polar surface area (TPSA) is 107 Å². The van der Waals surface area contributed by atoms with Crippen molar-refractivity contribution in [3.63, 3.8) is 0 Å². The molecule has 2 amide bonds. The molecule has 21 heavy (non-hydrogen) atoms. The van der Waals surface area contributed by atoms with Crippen LogP contribution in [0.1, 0.15) is 18.9 Å². The van der Waals surface area contributed by atoms with Gasteiger partial charge in [-0.1, -0.05) is 12.1 Å². The molecule has 1 saturated heterocycles. The van der Waals surface area contributed by atoms with Gasteiger partial charge >= 0.3 is 5.97 Å². The van der Waals surface area contributed by atoms with Crippen LogP contribution in [0.25, 0.3) is 0 Å². The van der Waals surface area contributed by atoms with E-state index in [1.165, 1.54) is 24.3 Å². The summed E-state index contributed by atoms with van der Waals surface area (Å²) < 4.78 is 4.77. The third kappa shape index (κ3) is 3.22. The summed E-state index contributed by atoms with van der Waals surface area (Å²) in [5.41, 5.74) is 0.501. The molecule has 110 valence electrons. The van der Waals surface area contributed by atoms with E-state index in [1.807, 2.05) is 0 Å². The Labute approximate surface area is 119 Å². The van der Waals surface area contributed by atoms with Gasteiger partial charge in [-0.2, -0.15) is 0 Å². The second-order valence-corrected chi connectivity index (χ2v) is 4.54. The predicted molar refractivity (Wildman–Crippen MR) is 68.8 cm³/mol. The van der Waals surface area contributed by atoms with Crippen LogP contribution in [0.3, 0.4) is 0 Å². The van der Waals surface area contributed by atoms with E-state index >= 15 is 0 Å². The van der Waals surface area contributed by atoms with Gasteiger partial charge in [0.05, 0.1) is 17.9 Å². The van der Waals surface area contributed by atoms with Gasteiger partial charge in [-0.15, -0.1) is 0 Å². The molecule has 1 heterocycles. The lowest BCUT2D eigenvalue weighted by molar-refractivity contribution is -0.384. The molecule has 0 aromatic heterocycles. The number of likely N-dealkylation sites (tertiary alicyclic amines) is 1. The highest BCUT2D eigenvalue weighted by Gasteiger charge is 2.40. The number of nitro benzene ring substituents is 1. The number of esters is 1. The van der Waals surface area contributed by atoms with Gasteiger partial charge in [0.25, 0.3) is 11.6 Å². The van der Waals surface area contributed by atoms with Crippen LogP contribution in [-0.2, 0) is 25.7 Å². The summed E-state index contributed by atoms with van der Waals surface area (Å²) in [6.07, 6.45) is -1.25. The maximum absolute atomic E-state index is 12.0. The van der Waals surface area contributed by atoms with E-state index in [9.17, 15) is 24.5 Å². The number of ether oxygens (including phenoxy) is 1. The standard InChI is InChI=1S/C13H12N2O6/c1-8(16)21-11-6-12(17)14(13(11)18)7-9-2-4-10(5-3-9)15(19)20/h2-5,11H,6-7H2,1H3/t11-/m0/s1. The van der Waals surface area contributed by atoms with Crippen molar-refractivity contribution >= 4 is 23.5 Å². The maximum Gasteiger partial charge on any atom is 0.303 e. The molecule has 0 bridgehead atoms. The average Bonchev–Trinajstić information content (AvgIpc) is 2.66. The number of hydrogen-bond acceptors (Lipinski definition) is 6. The molecule has 0 radical (unpaired) electrons. The Kier molecular flexibility index (Phi) is 3.97. The monoisotopic (exact) mass is 292 g/mol. The van der Waals surface area contributed by atoms with Gasteiger partial charge in [0.1, 0.15) is 0 Å². The molecule has 1 aromatic rings. The third-order valence-corrected chi connectivity index (χ3v) is 3.00. The van der Waals surface area contributed by atoms with Gasteiger partial charge < -0.3 is 4.74 Å². The van der Waals surface area contributed by atoms with Crippen LogP contribution in [0.15, 0.2) is 24.3 Å². The fourth-order valence-electron chi connectivity index (χ4n) is 2.02. The van der Waals surface area contributed by atoms with Gasteiger partial charge in [0, 0.05) is 19.1 Å². The Morgan fingerprint density at radius 2 is 2.00 bits per heavy atom. The lowest BCUT2D eigenvalue weighted by atomic mass is 10.2. The molecule has 0 saturated carbocycles. The molecule has 1 fully saturated rings. The molecular weight excluding hydrogens is 280 g/mol. The van der Waals surface area contributed by atoms with Crippen molar-refractivity contribution in [2.24, 2.45) is 0 Å². The number of nitro groups is 1. The number of nitrogens with zero attached hydrogens (tertiary/aromatic N) is 2.